The highest BCUT2D eigenvalue weighted by molar-refractivity contribution is 5.01. The molecule has 2 rings (SSSR count). The van der Waals surface area contributed by atoms with Crippen molar-refractivity contribution in [3.8, 4) is 0 Å². The highest BCUT2D eigenvalue weighted by atomic mass is 16.5. The van der Waals surface area contributed by atoms with Crippen molar-refractivity contribution in [3.05, 3.63) is 11.7 Å². The molecule has 0 bridgehead atoms. The van der Waals surface area contributed by atoms with Gasteiger partial charge in [-0.2, -0.15) is 4.98 Å². The zero-order valence-electron chi connectivity index (χ0n) is 12.8. The summed E-state index contributed by atoms with van der Waals surface area (Å²) in [5.41, 5.74) is -0.359. The van der Waals surface area contributed by atoms with E-state index in [4.69, 9.17) is 9.26 Å². The van der Waals surface area contributed by atoms with Crippen molar-refractivity contribution in [2.45, 2.75) is 51.1 Å². The van der Waals surface area contributed by atoms with Crippen LogP contribution in [-0.2, 0) is 16.7 Å². The third-order valence-electron chi connectivity index (χ3n) is 4.04. The SMILES string of the molecule is CN(Cc1nc(C(C)(C)C)no1)C1(CO)CCOCC1. The highest BCUT2D eigenvalue weighted by Crippen LogP contribution is 2.28. The average molecular weight is 283 g/mol. The Hall–Kier alpha value is -0.980. The van der Waals surface area contributed by atoms with Crippen molar-refractivity contribution >= 4 is 0 Å². The second-order valence-electron chi connectivity index (χ2n) is 6.61. The molecule has 114 valence electrons. The highest BCUT2D eigenvalue weighted by Gasteiger charge is 2.36. The first-order chi connectivity index (χ1) is 9.37. The van der Waals surface area contributed by atoms with E-state index >= 15 is 0 Å². The molecule has 0 unspecified atom stereocenters. The van der Waals surface area contributed by atoms with Crippen LogP contribution in [0.25, 0.3) is 0 Å². The lowest BCUT2D eigenvalue weighted by Gasteiger charge is -2.42. The van der Waals surface area contributed by atoms with Gasteiger partial charge in [0.1, 0.15) is 0 Å². The Morgan fingerprint density at radius 3 is 2.45 bits per heavy atom. The second-order valence-corrected chi connectivity index (χ2v) is 6.61. The molecule has 1 aliphatic rings. The van der Waals surface area contributed by atoms with Crippen LogP contribution in [0.3, 0.4) is 0 Å². The Balaban J connectivity index is 2.06. The first-order valence-corrected chi connectivity index (χ1v) is 7.10. The smallest absolute Gasteiger partial charge is 0.240 e. The Morgan fingerprint density at radius 2 is 1.95 bits per heavy atom. The molecule has 0 aliphatic carbocycles. The quantitative estimate of drug-likeness (QED) is 0.899. The van der Waals surface area contributed by atoms with E-state index in [1.54, 1.807) is 0 Å². The van der Waals surface area contributed by atoms with Crippen LogP contribution in [0.1, 0.15) is 45.3 Å². The van der Waals surface area contributed by atoms with Crippen LogP contribution < -0.4 is 0 Å². The van der Waals surface area contributed by atoms with Crippen LogP contribution in [-0.4, -0.2) is 52.6 Å². The molecule has 0 saturated carbocycles. The maximum atomic E-state index is 9.76. The minimum atomic E-state index is -0.241. The maximum Gasteiger partial charge on any atom is 0.240 e. The summed E-state index contributed by atoms with van der Waals surface area (Å²) in [5, 5.41) is 13.8. The fraction of sp³-hybridized carbons (Fsp3) is 0.857. The zero-order valence-corrected chi connectivity index (χ0v) is 12.8. The van der Waals surface area contributed by atoms with Gasteiger partial charge in [-0.3, -0.25) is 4.90 Å². The number of aliphatic hydroxyl groups excluding tert-OH is 1. The van der Waals surface area contributed by atoms with Gasteiger partial charge in [0.05, 0.1) is 13.2 Å². The lowest BCUT2D eigenvalue weighted by molar-refractivity contribution is -0.0521. The number of aromatic nitrogens is 2. The number of rotatable bonds is 4. The van der Waals surface area contributed by atoms with Gasteiger partial charge in [0.25, 0.3) is 0 Å². The van der Waals surface area contributed by atoms with Gasteiger partial charge in [-0.05, 0) is 19.9 Å². The van der Waals surface area contributed by atoms with Gasteiger partial charge in [-0.1, -0.05) is 25.9 Å². The standard InChI is InChI=1S/C14H25N3O3/c1-13(2,3)12-15-11(20-16-12)9-17(4)14(10-18)5-7-19-8-6-14/h18H,5-10H2,1-4H3. The fourth-order valence-electron chi connectivity index (χ4n) is 2.41. The number of hydrogen-bond acceptors (Lipinski definition) is 6. The monoisotopic (exact) mass is 283 g/mol. The van der Waals surface area contributed by atoms with Crippen molar-refractivity contribution in [2.24, 2.45) is 0 Å². The molecule has 2 heterocycles. The first kappa shape index (κ1) is 15.4. The number of hydrogen-bond donors (Lipinski definition) is 1. The van der Waals surface area contributed by atoms with E-state index in [0.717, 1.165) is 12.8 Å². The summed E-state index contributed by atoms with van der Waals surface area (Å²) in [6, 6.07) is 0. The molecule has 0 radical (unpaired) electrons. The third-order valence-corrected chi connectivity index (χ3v) is 4.04. The molecule has 0 atom stereocenters. The Labute approximate surface area is 120 Å². The molecule has 20 heavy (non-hydrogen) atoms. The van der Waals surface area contributed by atoms with Gasteiger partial charge < -0.3 is 14.4 Å². The number of ether oxygens (including phenoxy) is 1. The van der Waals surface area contributed by atoms with Gasteiger partial charge in [-0.15, -0.1) is 0 Å². The van der Waals surface area contributed by atoms with Gasteiger partial charge in [0.2, 0.25) is 5.89 Å². The van der Waals surface area contributed by atoms with E-state index in [1.165, 1.54) is 0 Å². The van der Waals surface area contributed by atoms with Crippen molar-refractivity contribution in [1.82, 2.24) is 15.0 Å². The summed E-state index contributed by atoms with van der Waals surface area (Å²) in [5.74, 6) is 1.31. The molecule has 0 amide bonds. The molecule has 1 N–H and O–H groups in total. The van der Waals surface area contributed by atoms with E-state index in [1.807, 2.05) is 7.05 Å². The zero-order chi connectivity index (χ0) is 14.8. The lowest BCUT2D eigenvalue weighted by atomic mass is 9.89. The molecule has 6 heteroatoms. The van der Waals surface area contributed by atoms with E-state index < -0.39 is 0 Å². The van der Waals surface area contributed by atoms with E-state index in [-0.39, 0.29) is 17.6 Å². The molecule has 0 spiro atoms. The summed E-state index contributed by atoms with van der Waals surface area (Å²) < 4.78 is 10.7. The predicted molar refractivity (Wildman–Crippen MR) is 74.3 cm³/mol. The van der Waals surface area contributed by atoms with Crippen molar-refractivity contribution in [2.75, 3.05) is 26.9 Å². The summed E-state index contributed by atoms with van der Waals surface area (Å²) in [6.07, 6.45) is 1.64. The molecule has 1 aromatic rings. The average Bonchev–Trinajstić information content (AvgIpc) is 2.88. The Morgan fingerprint density at radius 1 is 1.30 bits per heavy atom. The van der Waals surface area contributed by atoms with Crippen molar-refractivity contribution in [1.29, 1.82) is 0 Å². The molecule has 1 saturated heterocycles. The van der Waals surface area contributed by atoms with Gasteiger partial charge in [-0.25, -0.2) is 0 Å². The van der Waals surface area contributed by atoms with Crippen LogP contribution in [0.4, 0.5) is 0 Å². The second kappa shape index (κ2) is 5.79. The normalized spacial score (nSPS) is 19.5. The molecule has 1 aliphatic heterocycles. The summed E-state index contributed by atoms with van der Waals surface area (Å²) in [4.78, 5) is 6.56. The van der Waals surface area contributed by atoms with Crippen LogP contribution >= 0.6 is 0 Å². The fourth-order valence-corrected chi connectivity index (χ4v) is 2.41. The lowest BCUT2D eigenvalue weighted by Crippen LogP contribution is -2.52. The van der Waals surface area contributed by atoms with Gasteiger partial charge in [0, 0.05) is 24.2 Å². The molecule has 1 fully saturated rings. The van der Waals surface area contributed by atoms with E-state index in [2.05, 4.69) is 35.8 Å². The van der Waals surface area contributed by atoms with Gasteiger partial charge >= 0.3 is 0 Å². The minimum Gasteiger partial charge on any atom is -0.394 e. The summed E-state index contributed by atoms with van der Waals surface area (Å²) >= 11 is 0. The van der Waals surface area contributed by atoms with Crippen LogP contribution in [0.2, 0.25) is 0 Å². The van der Waals surface area contributed by atoms with Crippen LogP contribution in [0.5, 0.6) is 0 Å². The Kier molecular flexibility index (Phi) is 4.46. The number of aliphatic hydroxyl groups is 1. The van der Waals surface area contributed by atoms with E-state index in [9.17, 15) is 5.11 Å². The topological polar surface area (TPSA) is 71.6 Å². The minimum absolute atomic E-state index is 0.117. The largest absolute Gasteiger partial charge is 0.394 e. The van der Waals surface area contributed by atoms with Crippen LogP contribution in [0.15, 0.2) is 4.52 Å². The number of likely N-dealkylation sites (N-methyl/N-ethyl adjacent to an activating group) is 1. The van der Waals surface area contributed by atoms with Crippen LogP contribution in [0, 0.1) is 0 Å². The molecule has 6 nitrogen and oxygen atoms in total. The molecule has 0 aromatic carbocycles. The Bertz CT molecular complexity index is 433. The predicted octanol–water partition coefficient (Wildman–Crippen LogP) is 1.34. The van der Waals surface area contributed by atoms with Crippen molar-refractivity contribution in [3.63, 3.8) is 0 Å². The molecule has 1 aromatic heterocycles. The third kappa shape index (κ3) is 3.19. The van der Waals surface area contributed by atoms with Gasteiger partial charge in [0.15, 0.2) is 5.82 Å². The summed E-state index contributed by atoms with van der Waals surface area (Å²) in [6.45, 7) is 8.19. The maximum absolute atomic E-state index is 9.76. The van der Waals surface area contributed by atoms with E-state index in [0.29, 0.717) is 31.5 Å². The molecular weight excluding hydrogens is 258 g/mol. The summed E-state index contributed by atoms with van der Waals surface area (Å²) in [7, 11) is 1.99. The first-order valence-electron chi connectivity index (χ1n) is 7.10. The van der Waals surface area contributed by atoms with Crippen molar-refractivity contribution < 1.29 is 14.4 Å². The number of nitrogens with zero attached hydrogens (tertiary/aromatic N) is 3. The molecular formula is C14H25N3O3.